The molecule has 2 aliphatic rings. The Hall–Kier alpha value is -1.73. The van der Waals surface area contributed by atoms with E-state index in [0.29, 0.717) is 19.5 Å². The van der Waals surface area contributed by atoms with Gasteiger partial charge >= 0.3 is 0 Å². The van der Waals surface area contributed by atoms with Crippen LogP contribution in [-0.4, -0.2) is 68.4 Å². The maximum atomic E-state index is 13.0. The highest BCUT2D eigenvalue weighted by molar-refractivity contribution is 7.91. The van der Waals surface area contributed by atoms with Crippen LogP contribution in [0.3, 0.4) is 0 Å². The summed E-state index contributed by atoms with van der Waals surface area (Å²) < 4.78 is 36.1. The number of benzene rings is 1. The third-order valence-electron chi connectivity index (χ3n) is 4.99. The second-order valence-corrected chi connectivity index (χ2v) is 9.03. The number of likely N-dealkylation sites (N-methyl/N-ethyl adjacent to an activating group) is 1. The highest BCUT2D eigenvalue weighted by Gasteiger charge is 2.32. The first kappa shape index (κ1) is 18.1. The Labute approximate surface area is 148 Å². The largest absolute Gasteiger partial charge is 0.338 e. The second kappa shape index (κ2) is 7.25. The Morgan fingerprint density at radius 3 is 2.60 bits per heavy atom. The molecule has 1 atom stereocenters. The van der Waals surface area contributed by atoms with Crippen molar-refractivity contribution in [1.29, 1.82) is 0 Å². The number of hydrogen-bond acceptors (Lipinski definition) is 4. The lowest BCUT2D eigenvalue weighted by molar-refractivity contribution is -0.132. The van der Waals surface area contributed by atoms with Crippen molar-refractivity contribution >= 4 is 21.3 Å². The van der Waals surface area contributed by atoms with E-state index in [2.05, 4.69) is 0 Å². The average Bonchev–Trinajstić information content (AvgIpc) is 2.96. The van der Waals surface area contributed by atoms with Gasteiger partial charge in [0.05, 0.1) is 18.1 Å². The van der Waals surface area contributed by atoms with Crippen LogP contribution >= 0.6 is 0 Å². The molecule has 1 fully saturated rings. The summed E-state index contributed by atoms with van der Waals surface area (Å²) in [5.41, 5.74) is 2.11. The zero-order valence-electron chi connectivity index (χ0n) is 14.3. The van der Waals surface area contributed by atoms with Gasteiger partial charge < -0.3 is 4.90 Å². The van der Waals surface area contributed by atoms with Crippen LogP contribution in [0.15, 0.2) is 30.3 Å². The molecule has 25 heavy (non-hydrogen) atoms. The van der Waals surface area contributed by atoms with Crippen LogP contribution < -0.4 is 0 Å². The third-order valence-corrected chi connectivity index (χ3v) is 6.74. The summed E-state index contributed by atoms with van der Waals surface area (Å²) in [6, 6.07) is 6.33. The van der Waals surface area contributed by atoms with Crippen LogP contribution in [0.25, 0.3) is 5.57 Å². The Kier molecular flexibility index (Phi) is 5.24. The number of hydrogen-bond donors (Lipinski definition) is 0. The molecule has 0 radical (unpaired) electrons. The van der Waals surface area contributed by atoms with E-state index in [4.69, 9.17) is 0 Å². The summed E-state index contributed by atoms with van der Waals surface area (Å²) in [5, 5.41) is 0. The van der Waals surface area contributed by atoms with Crippen molar-refractivity contribution in [3.63, 3.8) is 0 Å². The fourth-order valence-corrected chi connectivity index (χ4v) is 5.19. The molecule has 136 valence electrons. The van der Waals surface area contributed by atoms with Crippen LogP contribution in [0.2, 0.25) is 0 Å². The lowest BCUT2D eigenvalue weighted by atomic mass is 9.99. The van der Waals surface area contributed by atoms with Crippen LogP contribution in [-0.2, 0) is 14.6 Å². The van der Waals surface area contributed by atoms with Gasteiger partial charge in [0.1, 0.15) is 5.82 Å². The predicted molar refractivity (Wildman–Crippen MR) is 95.3 cm³/mol. The Bertz CT molecular complexity index is 774. The monoisotopic (exact) mass is 366 g/mol. The van der Waals surface area contributed by atoms with Crippen LogP contribution in [0.5, 0.6) is 0 Å². The summed E-state index contributed by atoms with van der Waals surface area (Å²) in [6.45, 7) is 1.39. The minimum atomic E-state index is -2.94. The number of amides is 1. The molecule has 0 aliphatic carbocycles. The van der Waals surface area contributed by atoms with Crippen molar-refractivity contribution < 1.29 is 17.6 Å². The van der Waals surface area contributed by atoms with Gasteiger partial charge in [0.15, 0.2) is 9.84 Å². The minimum absolute atomic E-state index is 0.0150. The molecule has 0 saturated carbocycles. The predicted octanol–water partition coefficient (Wildman–Crippen LogP) is 1.56. The molecule has 1 aromatic carbocycles. The number of carbonyl (C=O) groups is 1. The van der Waals surface area contributed by atoms with Crippen molar-refractivity contribution in [2.75, 3.05) is 38.2 Å². The van der Waals surface area contributed by atoms with E-state index in [1.807, 2.05) is 18.0 Å². The molecule has 0 unspecified atom stereocenters. The highest BCUT2D eigenvalue weighted by atomic mass is 32.2. The molecule has 0 spiro atoms. The Morgan fingerprint density at radius 2 is 2.04 bits per heavy atom. The zero-order chi connectivity index (χ0) is 18.0. The Balaban J connectivity index is 1.55. The number of sulfone groups is 1. The second-order valence-electron chi connectivity index (χ2n) is 6.80. The molecule has 0 N–H and O–H groups in total. The summed E-state index contributed by atoms with van der Waals surface area (Å²) >= 11 is 0. The molecule has 1 aromatic rings. The van der Waals surface area contributed by atoms with Crippen LogP contribution in [0.1, 0.15) is 18.4 Å². The first-order valence-corrected chi connectivity index (χ1v) is 10.3. The average molecular weight is 366 g/mol. The molecule has 1 saturated heterocycles. The van der Waals surface area contributed by atoms with E-state index in [-0.39, 0.29) is 35.8 Å². The van der Waals surface area contributed by atoms with E-state index >= 15 is 0 Å². The molecule has 7 heteroatoms. The molecular weight excluding hydrogens is 343 g/mol. The normalized spacial score (nSPS) is 22.9. The maximum Gasteiger partial charge on any atom is 0.237 e. The van der Waals surface area contributed by atoms with Crippen molar-refractivity contribution in [3.05, 3.63) is 41.7 Å². The summed E-state index contributed by atoms with van der Waals surface area (Å²) in [5.74, 6) is 0.116. The van der Waals surface area contributed by atoms with E-state index in [9.17, 15) is 17.6 Å². The number of nitrogens with zero attached hydrogens (tertiary/aromatic N) is 2. The van der Waals surface area contributed by atoms with E-state index in [1.165, 1.54) is 12.1 Å². The summed E-state index contributed by atoms with van der Waals surface area (Å²) in [4.78, 5) is 16.1. The third kappa shape index (κ3) is 4.46. The zero-order valence-corrected chi connectivity index (χ0v) is 15.1. The van der Waals surface area contributed by atoms with Crippen molar-refractivity contribution in [1.82, 2.24) is 9.80 Å². The molecule has 1 amide bonds. The van der Waals surface area contributed by atoms with Crippen LogP contribution in [0.4, 0.5) is 4.39 Å². The number of carbonyl (C=O) groups excluding carboxylic acids is 1. The fourth-order valence-electron chi connectivity index (χ4n) is 3.39. The Morgan fingerprint density at radius 1 is 1.32 bits per heavy atom. The van der Waals surface area contributed by atoms with Gasteiger partial charge in [-0.2, -0.15) is 0 Å². The quantitative estimate of drug-likeness (QED) is 0.812. The standard InChI is InChI=1S/C18H23FN2O3S/c1-20(17-8-11-25(23,24)13-17)12-18(22)21-9-6-15(7-10-21)14-2-4-16(19)5-3-14/h2-6,17H,7-13H2,1H3/t17-/m0/s1. The molecule has 3 rings (SSSR count). The smallest absolute Gasteiger partial charge is 0.237 e. The molecule has 5 nitrogen and oxygen atoms in total. The first-order chi connectivity index (χ1) is 11.8. The fraction of sp³-hybridized carbons (Fsp3) is 0.500. The SMILES string of the molecule is CN(CC(=O)N1CC=C(c2ccc(F)cc2)CC1)[C@H]1CCS(=O)(=O)C1. The van der Waals surface area contributed by atoms with Gasteiger partial charge in [0, 0.05) is 19.1 Å². The van der Waals surface area contributed by atoms with Gasteiger partial charge in [-0.05, 0) is 43.2 Å². The number of halogens is 1. The molecular formula is C18H23FN2O3S. The van der Waals surface area contributed by atoms with E-state index in [0.717, 1.165) is 17.6 Å². The molecule has 0 bridgehead atoms. The van der Waals surface area contributed by atoms with Gasteiger partial charge in [-0.25, -0.2) is 12.8 Å². The lowest BCUT2D eigenvalue weighted by Crippen LogP contribution is -2.44. The lowest BCUT2D eigenvalue weighted by Gasteiger charge is -2.30. The van der Waals surface area contributed by atoms with Gasteiger partial charge in [-0.1, -0.05) is 18.2 Å². The molecule has 2 aliphatic heterocycles. The van der Waals surface area contributed by atoms with Crippen molar-refractivity contribution in [3.8, 4) is 0 Å². The van der Waals surface area contributed by atoms with Crippen molar-refractivity contribution in [2.24, 2.45) is 0 Å². The van der Waals surface area contributed by atoms with Gasteiger partial charge in [0.25, 0.3) is 0 Å². The molecule has 0 aromatic heterocycles. The van der Waals surface area contributed by atoms with Gasteiger partial charge in [0.2, 0.25) is 5.91 Å². The maximum absolute atomic E-state index is 13.0. The van der Waals surface area contributed by atoms with Crippen LogP contribution in [0, 0.1) is 5.82 Å². The van der Waals surface area contributed by atoms with Crippen molar-refractivity contribution in [2.45, 2.75) is 18.9 Å². The van der Waals surface area contributed by atoms with Gasteiger partial charge in [-0.15, -0.1) is 0 Å². The number of rotatable bonds is 4. The van der Waals surface area contributed by atoms with Gasteiger partial charge in [-0.3, -0.25) is 9.69 Å². The summed E-state index contributed by atoms with van der Waals surface area (Å²) in [7, 11) is -1.13. The minimum Gasteiger partial charge on any atom is -0.338 e. The summed E-state index contributed by atoms with van der Waals surface area (Å²) in [6.07, 6.45) is 3.34. The topological polar surface area (TPSA) is 57.7 Å². The first-order valence-electron chi connectivity index (χ1n) is 8.47. The molecule has 2 heterocycles. The van der Waals surface area contributed by atoms with E-state index < -0.39 is 9.84 Å². The highest BCUT2D eigenvalue weighted by Crippen LogP contribution is 2.23. The van der Waals surface area contributed by atoms with E-state index in [1.54, 1.807) is 17.0 Å².